The average molecular weight is 978 g/mol. The van der Waals surface area contributed by atoms with Gasteiger partial charge in [0.25, 0.3) is 23.4 Å². The fraction of sp³-hybridized carbons (Fsp3) is 0.204. The van der Waals surface area contributed by atoms with Crippen molar-refractivity contribution in [2.45, 2.75) is 64.7 Å². The van der Waals surface area contributed by atoms with Gasteiger partial charge < -0.3 is 4.74 Å². The SMILES string of the molecule is C/C(=N\NC(=O)c1n[nH]c2c1CCCC2)c1ccc2ccccc2c1.COc1cccc(/C=N\NC(=O)c2n[nH]c3c2CCC3)c1.O=C(N/N=C\c1ccccc1[N+](=O)[O-])c1[nH]nc2c1CCc1ccccc1-2. The highest BCUT2D eigenvalue weighted by Gasteiger charge is 2.26. The minimum Gasteiger partial charge on any atom is -0.497 e. The van der Waals surface area contributed by atoms with E-state index >= 15 is 0 Å². The number of carbonyl (C=O) groups is 3. The predicted octanol–water partition coefficient (Wildman–Crippen LogP) is 8.11. The zero-order valence-electron chi connectivity index (χ0n) is 40.1. The number of nitrogens with one attached hydrogen (secondary N) is 6. The van der Waals surface area contributed by atoms with Crippen molar-refractivity contribution in [2.75, 3.05) is 7.11 Å². The molecule has 19 nitrogen and oxygen atoms in total. The molecule has 5 aromatic carbocycles. The largest absolute Gasteiger partial charge is 0.497 e. The van der Waals surface area contributed by atoms with Crippen LogP contribution in [0.4, 0.5) is 5.69 Å². The fourth-order valence-electron chi connectivity index (χ4n) is 9.01. The quantitative estimate of drug-likeness (QED) is 0.0415. The van der Waals surface area contributed by atoms with Gasteiger partial charge in [0.2, 0.25) is 0 Å². The molecule has 0 saturated carbocycles. The monoisotopic (exact) mass is 977 g/mol. The number of amides is 3. The first-order valence-electron chi connectivity index (χ1n) is 23.8. The first-order chi connectivity index (χ1) is 35.6. The lowest BCUT2D eigenvalue weighted by Gasteiger charge is -2.15. The van der Waals surface area contributed by atoms with Gasteiger partial charge in [-0.25, -0.2) is 16.3 Å². The van der Waals surface area contributed by atoms with Crippen LogP contribution in [0.1, 0.15) is 108 Å². The smallest absolute Gasteiger partial charge is 0.292 e. The molecule has 11 rings (SSSR count). The van der Waals surface area contributed by atoms with E-state index in [-0.39, 0.29) is 17.5 Å². The van der Waals surface area contributed by atoms with E-state index in [4.69, 9.17) is 4.74 Å². The molecule has 3 heterocycles. The van der Waals surface area contributed by atoms with E-state index in [0.717, 1.165) is 119 Å². The van der Waals surface area contributed by atoms with Crippen molar-refractivity contribution in [3.8, 4) is 17.0 Å². The fourth-order valence-corrected chi connectivity index (χ4v) is 9.01. The molecule has 0 aliphatic heterocycles. The Hall–Kier alpha value is -9.39. The first kappa shape index (κ1) is 48.6. The molecule has 0 unspecified atom stereocenters. The number of hydrogen-bond donors (Lipinski definition) is 6. The topological polar surface area (TPSA) is 263 Å². The van der Waals surface area contributed by atoms with Gasteiger partial charge in [-0.1, -0.05) is 84.9 Å². The standard InChI is InChI=1S/C20H20N4O.C19H15N5O3.C15H16N4O2/c1-13(15-11-10-14-6-2-3-7-16(14)12-15)21-24-20(25)19-17-8-4-5-9-18(17)22-23-19;25-19(23-20-11-13-6-2-4-8-16(13)24(26)27)18-15-10-9-12-5-1-3-7-14(12)17(15)21-22-18;1-21-11-5-2-4-10(8-11)9-16-19-15(20)14-12-6-3-7-13(12)17-18-14/h2-3,6-7,10-12H,4-5,8-9H2,1H3,(H,22,23)(H,24,25);1-8,11H,9-10H2,(H,21,22)(H,23,25);2,4-5,8-9H,3,6-7H2,1H3,(H,17,18)(H,19,20)/b21-13+;20-11-;16-9-. The van der Waals surface area contributed by atoms with Gasteiger partial charge in [0.15, 0.2) is 11.4 Å². The third-order valence-corrected chi connectivity index (χ3v) is 12.8. The van der Waals surface area contributed by atoms with Gasteiger partial charge in [0.1, 0.15) is 11.4 Å². The molecule has 19 heteroatoms. The summed E-state index contributed by atoms with van der Waals surface area (Å²) in [4.78, 5) is 47.5. The molecule has 0 saturated heterocycles. The number of methoxy groups -OCH3 is 1. The molecule has 3 amide bonds. The van der Waals surface area contributed by atoms with Crippen LogP contribution in [0.5, 0.6) is 5.75 Å². The number of aromatic nitrogens is 6. The average Bonchev–Trinajstić information content (AvgIpc) is 4.26. The second-order valence-electron chi connectivity index (χ2n) is 17.4. The van der Waals surface area contributed by atoms with Crippen molar-refractivity contribution in [3.63, 3.8) is 0 Å². The minimum absolute atomic E-state index is 0.0778. The number of aryl methyl sites for hydroxylation is 3. The minimum atomic E-state index is -0.494. The van der Waals surface area contributed by atoms with Crippen molar-refractivity contribution in [2.24, 2.45) is 15.3 Å². The van der Waals surface area contributed by atoms with Crippen LogP contribution in [0.3, 0.4) is 0 Å². The van der Waals surface area contributed by atoms with Crippen LogP contribution in [0, 0.1) is 10.1 Å². The summed E-state index contributed by atoms with van der Waals surface area (Å²) in [6.45, 7) is 1.89. The Morgan fingerprint density at radius 2 is 1.32 bits per heavy atom. The summed E-state index contributed by atoms with van der Waals surface area (Å²) in [5.74, 6) is -0.221. The molecule has 8 aromatic rings. The molecule has 3 aliphatic rings. The van der Waals surface area contributed by atoms with E-state index in [9.17, 15) is 24.5 Å². The number of H-pyrrole nitrogens is 3. The van der Waals surface area contributed by atoms with E-state index in [1.54, 1.807) is 31.5 Å². The lowest BCUT2D eigenvalue weighted by molar-refractivity contribution is -0.385. The maximum atomic E-state index is 12.5. The Bertz CT molecular complexity index is 3440. The lowest BCUT2D eigenvalue weighted by atomic mass is 9.89. The number of carbonyl (C=O) groups excluding carboxylic acids is 3. The van der Waals surface area contributed by atoms with Gasteiger partial charge >= 0.3 is 0 Å². The molecule has 0 fully saturated rings. The lowest BCUT2D eigenvalue weighted by Crippen LogP contribution is -2.21. The summed E-state index contributed by atoms with van der Waals surface area (Å²) in [6.07, 6.45) is 11.4. The number of hydrazone groups is 3. The molecule has 0 bridgehead atoms. The maximum absolute atomic E-state index is 12.5. The Morgan fingerprint density at radius 3 is 2.11 bits per heavy atom. The van der Waals surface area contributed by atoms with Crippen molar-refractivity contribution in [1.82, 2.24) is 46.9 Å². The van der Waals surface area contributed by atoms with E-state index in [0.29, 0.717) is 29.1 Å². The summed E-state index contributed by atoms with van der Waals surface area (Å²) >= 11 is 0. The highest BCUT2D eigenvalue weighted by Crippen LogP contribution is 2.33. The van der Waals surface area contributed by atoms with Crippen molar-refractivity contribution < 1.29 is 24.0 Å². The predicted molar refractivity (Wildman–Crippen MR) is 277 cm³/mol. The summed E-state index contributed by atoms with van der Waals surface area (Å²) < 4.78 is 5.13. The molecule has 0 atom stereocenters. The van der Waals surface area contributed by atoms with Gasteiger partial charge in [-0.2, -0.15) is 30.6 Å². The van der Waals surface area contributed by atoms with Crippen LogP contribution in [-0.4, -0.2) is 78.5 Å². The number of hydrogen-bond acceptors (Lipinski definition) is 12. The Morgan fingerprint density at radius 1 is 0.644 bits per heavy atom. The van der Waals surface area contributed by atoms with E-state index < -0.39 is 10.8 Å². The number of para-hydroxylation sites is 1. The molecular formula is C54H51N13O6. The number of rotatable bonds is 11. The molecule has 0 spiro atoms. The zero-order valence-corrected chi connectivity index (χ0v) is 40.1. The number of aromatic amines is 3. The van der Waals surface area contributed by atoms with Crippen molar-refractivity contribution >= 4 is 52.3 Å². The van der Waals surface area contributed by atoms with Gasteiger partial charge in [-0.3, -0.25) is 39.8 Å². The Balaban J connectivity index is 0.000000136. The van der Waals surface area contributed by atoms with Gasteiger partial charge in [0.05, 0.1) is 41.4 Å². The van der Waals surface area contributed by atoms with Crippen LogP contribution in [-0.2, 0) is 38.5 Å². The van der Waals surface area contributed by atoms with Crippen molar-refractivity contribution in [3.05, 3.63) is 193 Å². The van der Waals surface area contributed by atoms with Crippen LogP contribution in [0.15, 0.2) is 131 Å². The number of nitro benzene ring substituents is 1. The zero-order chi connectivity index (χ0) is 50.7. The van der Waals surface area contributed by atoms with Crippen molar-refractivity contribution in [1.29, 1.82) is 0 Å². The normalized spacial score (nSPS) is 13.4. The molecule has 368 valence electrons. The third kappa shape index (κ3) is 11.3. The van der Waals surface area contributed by atoms with E-state index in [2.05, 4.69) is 92.5 Å². The Labute approximate surface area is 418 Å². The van der Waals surface area contributed by atoms with Gasteiger partial charge in [-0.15, -0.1) is 0 Å². The molecule has 3 aliphatic carbocycles. The number of nitrogens with zero attached hydrogens (tertiary/aromatic N) is 7. The summed E-state index contributed by atoms with van der Waals surface area (Å²) in [7, 11) is 1.61. The number of nitro groups is 1. The van der Waals surface area contributed by atoms with Gasteiger partial charge in [-0.05, 0) is 116 Å². The van der Waals surface area contributed by atoms with Crippen LogP contribution in [0.25, 0.3) is 22.0 Å². The van der Waals surface area contributed by atoms with Crippen LogP contribution < -0.4 is 21.0 Å². The number of ether oxygens (including phenoxy) is 1. The highest BCUT2D eigenvalue weighted by molar-refractivity contribution is 6.03. The molecule has 73 heavy (non-hydrogen) atoms. The van der Waals surface area contributed by atoms with Crippen LogP contribution >= 0.6 is 0 Å². The number of benzene rings is 5. The Kier molecular flexibility index (Phi) is 15.0. The molecular weight excluding hydrogens is 927 g/mol. The highest BCUT2D eigenvalue weighted by atomic mass is 16.6. The first-order valence-corrected chi connectivity index (χ1v) is 23.8. The second kappa shape index (κ2) is 22.6. The molecule has 6 N–H and O–H groups in total. The van der Waals surface area contributed by atoms with Crippen LogP contribution in [0.2, 0.25) is 0 Å². The summed E-state index contributed by atoms with van der Waals surface area (Å²) in [6, 6.07) is 35.9. The number of fused-ring (bicyclic) bond motifs is 6. The van der Waals surface area contributed by atoms with Gasteiger partial charge in [0, 0.05) is 39.7 Å². The second-order valence-corrected chi connectivity index (χ2v) is 17.4. The van der Waals surface area contributed by atoms with E-state index in [1.165, 1.54) is 23.2 Å². The molecule has 0 radical (unpaired) electrons. The third-order valence-electron chi connectivity index (χ3n) is 12.8. The molecule has 3 aromatic heterocycles. The summed E-state index contributed by atoms with van der Waals surface area (Å²) in [5.41, 5.74) is 19.8. The summed E-state index contributed by atoms with van der Waals surface area (Å²) in [5, 5.41) is 46.7. The maximum Gasteiger partial charge on any atom is 0.292 e. The van der Waals surface area contributed by atoms with E-state index in [1.807, 2.05) is 67.6 Å².